The topological polar surface area (TPSA) is 80.1 Å². The number of para-hydroxylation sites is 2. The maximum Gasteiger partial charge on any atom is 0.209 e. The molecule has 7 nitrogen and oxygen atoms in total. The minimum atomic E-state index is 0.369. The van der Waals surface area contributed by atoms with Crippen LogP contribution < -0.4 is 0 Å². The second-order valence-electron chi connectivity index (χ2n) is 7.45. The van der Waals surface area contributed by atoms with Crippen LogP contribution in [0.25, 0.3) is 11.1 Å². The normalized spacial score (nSPS) is 23.9. The molecule has 0 unspecified atom stereocenters. The van der Waals surface area contributed by atoms with Crippen molar-refractivity contribution in [3.63, 3.8) is 0 Å². The number of H-pyrrole nitrogens is 1. The number of nitrogens with one attached hydrogen (secondary N) is 1. The molecule has 2 aromatic heterocycles. The van der Waals surface area contributed by atoms with Gasteiger partial charge in [0.25, 0.3) is 0 Å². The number of hydrogen-bond donors (Lipinski definition) is 1. The van der Waals surface area contributed by atoms with Gasteiger partial charge in [0.1, 0.15) is 12.1 Å². The van der Waals surface area contributed by atoms with Crippen molar-refractivity contribution >= 4 is 11.1 Å². The van der Waals surface area contributed by atoms with E-state index in [-0.39, 0.29) is 0 Å². The number of likely N-dealkylation sites (tertiary alicyclic amines) is 1. The van der Waals surface area contributed by atoms with Crippen LogP contribution in [0.5, 0.6) is 0 Å². The summed E-state index contributed by atoms with van der Waals surface area (Å²) < 4.78 is 11.1. The van der Waals surface area contributed by atoms with Gasteiger partial charge in [-0.15, -0.1) is 0 Å². The number of aromatic amines is 1. The summed E-state index contributed by atoms with van der Waals surface area (Å²) in [6, 6.07) is 7.93. The van der Waals surface area contributed by atoms with Crippen LogP contribution in [0.1, 0.15) is 36.3 Å². The van der Waals surface area contributed by atoms with E-state index in [9.17, 15) is 0 Å². The van der Waals surface area contributed by atoms with Gasteiger partial charge in [-0.1, -0.05) is 12.1 Å². The highest BCUT2D eigenvalue weighted by Crippen LogP contribution is 2.47. The molecule has 1 aliphatic heterocycles. The molecule has 2 fully saturated rings. The maximum atomic E-state index is 5.91. The number of benzene rings is 1. The van der Waals surface area contributed by atoms with Crippen LogP contribution in [0.4, 0.5) is 0 Å². The first-order valence-electron chi connectivity index (χ1n) is 9.27. The van der Waals surface area contributed by atoms with Crippen molar-refractivity contribution in [2.75, 3.05) is 20.2 Å². The van der Waals surface area contributed by atoms with Crippen molar-refractivity contribution in [1.82, 2.24) is 25.1 Å². The zero-order valence-corrected chi connectivity index (χ0v) is 14.9. The van der Waals surface area contributed by atoms with Crippen LogP contribution in [0.2, 0.25) is 0 Å². The van der Waals surface area contributed by atoms with Crippen LogP contribution in [-0.2, 0) is 17.9 Å². The van der Waals surface area contributed by atoms with Gasteiger partial charge < -0.3 is 9.15 Å². The Morgan fingerprint density at radius 3 is 2.92 bits per heavy atom. The van der Waals surface area contributed by atoms with E-state index in [4.69, 9.17) is 9.15 Å². The van der Waals surface area contributed by atoms with Crippen molar-refractivity contribution in [2.24, 2.45) is 11.8 Å². The molecule has 3 aromatic rings. The van der Waals surface area contributed by atoms with Crippen molar-refractivity contribution in [3.05, 3.63) is 41.8 Å². The third-order valence-corrected chi connectivity index (χ3v) is 5.53. The number of aromatic nitrogens is 4. The molecule has 136 valence electrons. The molecule has 26 heavy (non-hydrogen) atoms. The molecular weight excluding hydrogens is 330 g/mol. The van der Waals surface area contributed by atoms with Crippen LogP contribution in [0.3, 0.4) is 0 Å². The highest BCUT2D eigenvalue weighted by Gasteiger charge is 2.44. The molecule has 1 saturated carbocycles. The minimum absolute atomic E-state index is 0.369. The Bertz CT molecular complexity index is 867. The number of nitrogens with zero attached hydrogens (tertiary/aromatic N) is 4. The van der Waals surface area contributed by atoms with Crippen molar-refractivity contribution in [2.45, 2.75) is 31.9 Å². The van der Waals surface area contributed by atoms with Crippen LogP contribution in [0.15, 0.2) is 28.7 Å². The summed E-state index contributed by atoms with van der Waals surface area (Å²) in [7, 11) is 1.67. The smallest absolute Gasteiger partial charge is 0.209 e. The second kappa shape index (κ2) is 6.48. The van der Waals surface area contributed by atoms with Gasteiger partial charge in [0.15, 0.2) is 17.2 Å². The van der Waals surface area contributed by atoms with Gasteiger partial charge in [0.05, 0.1) is 6.54 Å². The lowest BCUT2D eigenvalue weighted by Gasteiger charge is -2.14. The Labute approximate surface area is 151 Å². The number of fused-ring (bicyclic) bond motifs is 1. The highest BCUT2D eigenvalue weighted by atomic mass is 16.5. The predicted octanol–water partition coefficient (Wildman–Crippen LogP) is 2.72. The molecule has 0 amide bonds. The average Bonchev–Trinajstić information content (AvgIpc) is 3.05. The van der Waals surface area contributed by atoms with E-state index in [1.165, 1.54) is 12.8 Å². The quantitative estimate of drug-likeness (QED) is 0.734. The second-order valence-corrected chi connectivity index (χ2v) is 7.45. The molecule has 5 rings (SSSR count). The van der Waals surface area contributed by atoms with Crippen molar-refractivity contribution in [1.29, 1.82) is 0 Å². The Morgan fingerprint density at radius 2 is 2.12 bits per heavy atom. The van der Waals surface area contributed by atoms with E-state index < -0.39 is 0 Å². The standard InChI is InChI=1S/C19H23N5O2/c1-25-11-17-21-19(23-22-17)14-9-24(8-13(14)12-6-7-12)10-18-20-15-4-2-3-5-16(15)26-18/h2-5,12-14H,6-11H2,1H3,(H,21,22,23)/t13-,14+/m1/s1. The van der Waals surface area contributed by atoms with Gasteiger partial charge in [-0.05, 0) is 36.8 Å². The monoisotopic (exact) mass is 353 g/mol. The van der Waals surface area contributed by atoms with E-state index in [1.807, 2.05) is 24.3 Å². The Kier molecular flexibility index (Phi) is 3.98. The number of ether oxygens (including phenoxy) is 1. The SMILES string of the molecule is COCc1nc([C@H]2CN(Cc3nc4ccccc4o3)C[C@@H]2C2CC2)n[nH]1. The Hall–Kier alpha value is -2.25. The summed E-state index contributed by atoms with van der Waals surface area (Å²) in [6.07, 6.45) is 2.65. The summed E-state index contributed by atoms with van der Waals surface area (Å²) in [5.41, 5.74) is 1.78. The molecule has 0 radical (unpaired) electrons. The number of hydrogen-bond acceptors (Lipinski definition) is 6. The summed E-state index contributed by atoms with van der Waals surface area (Å²) in [6.45, 7) is 3.22. The molecule has 1 aliphatic carbocycles. The summed E-state index contributed by atoms with van der Waals surface area (Å²) in [5.74, 6) is 4.30. The Morgan fingerprint density at radius 1 is 1.23 bits per heavy atom. The van der Waals surface area contributed by atoms with Crippen molar-refractivity contribution in [3.8, 4) is 0 Å². The fraction of sp³-hybridized carbons (Fsp3) is 0.526. The first kappa shape index (κ1) is 16.0. The zero-order valence-electron chi connectivity index (χ0n) is 14.9. The fourth-order valence-corrected chi connectivity index (χ4v) is 4.17. The summed E-state index contributed by atoms with van der Waals surface area (Å²) >= 11 is 0. The predicted molar refractivity (Wildman–Crippen MR) is 95.3 cm³/mol. The molecule has 3 heterocycles. The third-order valence-electron chi connectivity index (χ3n) is 5.53. The number of oxazole rings is 1. The average molecular weight is 353 g/mol. The van der Waals surface area contributed by atoms with Crippen LogP contribution in [0, 0.1) is 11.8 Å². The van der Waals surface area contributed by atoms with Gasteiger partial charge in [0.2, 0.25) is 5.89 Å². The number of methoxy groups -OCH3 is 1. The largest absolute Gasteiger partial charge is 0.439 e. The van der Waals surface area contributed by atoms with Gasteiger partial charge >= 0.3 is 0 Å². The molecule has 2 aliphatic rings. The highest BCUT2D eigenvalue weighted by molar-refractivity contribution is 5.72. The first-order chi connectivity index (χ1) is 12.8. The molecule has 1 saturated heterocycles. The zero-order chi connectivity index (χ0) is 17.5. The molecule has 2 atom stereocenters. The van der Waals surface area contributed by atoms with E-state index in [1.54, 1.807) is 7.11 Å². The Balaban J connectivity index is 1.34. The molecule has 1 N–H and O–H groups in total. The fourth-order valence-electron chi connectivity index (χ4n) is 4.17. The van der Waals surface area contributed by atoms with Gasteiger partial charge in [-0.25, -0.2) is 9.97 Å². The summed E-state index contributed by atoms with van der Waals surface area (Å²) in [5, 5.41) is 7.48. The van der Waals surface area contributed by atoms with Gasteiger partial charge in [-0.3, -0.25) is 10.00 Å². The lowest BCUT2D eigenvalue weighted by atomic mass is 9.91. The van der Waals surface area contributed by atoms with Crippen LogP contribution >= 0.6 is 0 Å². The van der Waals surface area contributed by atoms with Gasteiger partial charge in [-0.2, -0.15) is 5.10 Å². The van der Waals surface area contributed by atoms with Crippen molar-refractivity contribution < 1.29 is 9.15 Å². The van der Waals surface area contributed by atoms with Gasteiger partial charge in [0, 0.05) is 26.1 Å². The molecular formula is C19H23N5O2. The van der Waals surface area contributed by atoms with E-state index in [2.05, 4.69) is 25.1 Å². The lowest BCUT2D eigenvalue weighted by Crippen LogP contribution is -2.20. The van der Waals surface area contributed by atoms with E-state index >= 15 is 0 Å². The van der Waals surface area contributed by atoms with Crippen LogP contribution in [-0.4, -0.2) is 45.3 Å². The number of rotatable bonds is 6. The third kappa shape index (κ3) is 3.01. The first-order valence-corrected chi connectivity index (χ1v) is 9.27. The lowest BCUT2D eigenvalue weighted by molar-refractivity contribution is 0.178. The van der Waals surface area contributed by atoms with E-state index in [0.29, 0.717) is 18.4 Å². The molecule has 0 spiro atoms. The van der Waals surface area contributed by atoms with E-state index in [0.717, 1.165) is 54.2 Å². The molecule has 7 heteroatoms. The maximum absolute atomic E-state index is 5.91. The summed E-state index contributed by atoms with van der Waals surface area (Å²) in [4.78, 5) is 11.7. The minimum Gasteiger partial charge on any atom is -0.439 e. The molecule has 0 bridgehead atoms. The molecule has 1 aromatic carbocycles.